The minimum Gasteiger partial charge on any atom is -0.396 e. The lowest BCUT2D eigenvalue weighted by Gasteiger charge is -2.08. The summed E-state index contributed by atoms with van der Waals surface area (Å²) in [5.74, 6) is -0.0398. The van der Waals surface area contributed by atoms with Gasteiger partial charge in [-0.15, -0.1) is 0 Å². The predicted molar refractivity (Wildman–Crippen MR) is 124 cm³/mol. The van der Waals surface area contributed by atoms with E-state index in [9.17, 15) is 12.8 Å². The van der Waals surface area contributed by atoms with Crippen LogP contribution in [-0.2, 0) is 16.3 Å². The summed E-state index contributed by atoms with van der Waals surface area (Å²) in [5, 5.41) is 15.0. The highest BCUT2D eigenvalue weighted by molar-refractivity contribution is 7.90. The van der Waals surface area contributed by atoms with Crippen molar-refractivity contribution in [3.63, 3.8) is 0 Å². The average molecular weight is 487 g/mol. The van der Waals surface area contributed by atoms with Crippen LogP contribution in [0.5, 0.6) is 0 Å². The zero-order chi connectivity index (χ0) is 24.7. The molecule has 0 saturated heterocycles. The molecule has 0 radical (unpaired) electrons. The lowest BCUT2D eigenvalue weighted by molar-refractivity contribution is 0.299. The molecule has 0 spiro atoms. The summed E-state index contributed by atoms with van der Waals surface area (Å²) in [7, 11) is -3.64. The van der Waals surface area contributed by atoms with E-state index in [1.807, 2.05) is 30.3 Å². The molecule has 0 amide bonds. The van der Waals surface area contributed by atoms with E-state index in [-0.39, 0.29) is 34.8 Å². The average Bonchev–Trinajstić information content (AvgIpc) is 3.20. The van der Waals surface area contributed by atoms with Crippen molar-refractivity contribution in [3.8, 4) is 11.4 Å². The van der Waals surface area contributed by atoms with Crippen LogP contribution in [0.25, 0.3) is 11.4 Å². The van der Waals surface area contributed by atoms with Crippen LogP contribution in [0.1, 0.15) is 11.5 Å². The predicted octanol–water partition coefficient (Wildman–Crippen LogP) is 2.92. The molecule has 2 aromatic heterocycles. The number of aliphatic hydroxyl groups is 1. The van der Waals surface area contributed by atoms with Crippen molar-refractivity contribution >= 4 is 27.3 Å². The van der Waals surface area contributed by atoms with Gasteiger partial charge in [-0.3, -0.25) is 0 Å². The largest absolute Gasteiger partial charge is 0.396 e. The number of benzene rings is 2. The molecule has 4 aromatic rings. The van der Waals surface area contributed by atoms with Gasteiger partial charge in [-0.25, -0.2) is 17.8 Å². The molecule has 4 rings (SSSR count). The van der Waals surface area contributed by atoms with E-state index in [4.69, 9.17) is 15.4 Å². The third-order valence-corrected chi connectivity index (χ3v) is 5.55. The minimum atomic E-state index is -3.64. The highest BCUT2D eigenvalue weighted by Crippen LogP contribution is 2.24. The summed E-state index contributed by atoms with van der Waals surface area (Å²) < 4.78 is 41.6. The van der Waals surface area contributed by atoms with Crippen molar-refractivity contribution in [2.24, 2.45) is 0 Å². The van der Waals surface area contributed by atoms with Crippen LogP contribution >= 0.6 is 0 Å². The molecular formula is C22H23FN6O4S. The zero-order valence-corrected chi connectivity index (χ0v) is 19.3. The standard InChI is InChI=1S/C14H13FN6O3S.C8H10O/c1-7-18-13(21-24-7)9-6-17-14(20-12(9)16)19-8-3-4-11(10(15)5-8)25(2,22)23;9-7-6-8-4-2-1-3-5-8/h3-6H,1-2H3,(H3,16,17,19,20);1-5,9H,6-7H2. The summed E-state index contributed by atoms with van der Waals surface area (Å²) >= 11 is 0. The van der Waals surface area contributed by atoms with Crippen LogP contribution in [0.3, 0.4) is 0 Å². The van der Waals surface area contributed by atoms with Crippen molar-refractivity contribution in [1.29, 1.82) is 0 Å². The number of halogens is 1. The van der Waals surface area contributed by atoms with Crippen molar-refractivity contribution < 1.29 is 22.4 Å². The first kappa shape index (κ1) is 24.7. The van der Waals surface area contributed by atoms with E-state index in [1.165, 1.54) is 17.8 Å². The summed E-state index contributed by atoms with van der Waals surface area (Å²) in [4.78, 5) is 11.8. The number of nitrogens with two attached hydrogens (primary N) is 1. The van der Waals surface area contributed by atoms with E-state index >= 15 is 0 Å². The summed E-state index contributed by atoms with van der Waals surface area (Å²) in [6.07, 6.45) is 3.09. The maximum atomic E-state index is 13.9. The summed E-state index contributed by atoms with van der Waals surface area (Å²) in [6.45, 7) is 1.88. The zero-order valence-electron chi connectivity index (χ0n) is 18.4. The van der Waals surface area contributed by atoms with Gasteiger partial charge < -0.3 is 20.7 Å². The molecule has 0 bridgehead atoms. The normalized spacial score (nSPS) is 10.9. The molecule has 10 nitrogen and oxygen atoms in total. The molecule has 0 atom stereocenters. The maximum absolute atomic E-state index is 13.9. The number of hydrogen-bond acceptors (Lipinski definition) is 10. The van der Waals surface area contributed by atoms with E-state index < -0.39 is 15.7 Å². The Morgan fingerprint density at radius 3 is 2.44 bits per heavy atom. The first-order chi connectivity index (χ1) is 16.2. The summed E-state index contributed by atoms with van der Waals surface area (Å²) in [5.41, 5.74) is 7.72. The van der Waals surface area contributed by atoms with Gasteiger partial charge in [-0.2, -0.15) is 9.97 Å². The maximum Gasteiger partial charge on any atom is 0.229 e. The topological polar surface area (TPSA) is 157 Å². The molecule has 12 heteroatoms. The van der Waals surface area contributed by atoms with Crippen LogP contribution in [0.15, 0.2) is 64.1 Å². The van der Waals surface area contributed by atoms with Crippen molar-refractivity contribution in [2.75, 3.05) is 23.9 Å². The smallest absolute Gasteiger partial charge is 0.229 e. The second-order valence-electron chi connectivity index (χ2n) is 7.13. The number of hydrogen-bond donors (Lipinski definition) is 3. The van der Waals surface area contributed by atoms with Crippen LogP contribution in [0, 0.1) is 12.7 Å². The van der Waals surface area contributed by atoms with Crippen molar-refractivity contribution in [3.05, 3.63) is 72.0 Å². The van der Waals surface area contributed by atoms with Gasteiger partial charge in [0.1, 0.15) is 16.5 Å². The van der Waals surface area contributed by atoms with Crippen molar-refractivity contribution in [2.45, 2.75) is 18.2 Å². The Balaban J connectivity index is 0.000000302. The van der Waals surface area contributed by atoms with Crippen molar-refractivity contribution in [1.82, 2.24) is 20.1 Å². The Morgan fingerprint density at radius 1 is 1.15 bits per heavy atom. The molecule has 0 aliphatic heterocycles. The lowest BCUT2D eigenvalue weighted by atomic mass is 10.2. The Hall–Kier alpha value is -3.90. The molecule has 2 heterocycles. The highest BCUT2D eigenvalue weighted by Gasteiger charge is 2.15. The Bertz CT molecular complexity index is 1360. The number of nitrogens with zero attached hydrogens (tertiary/aromatic N) is 4. The summed E-state index contributed by atoms with van der Waals surface area (Å²) in [6, 6.07) is 13.5. The van der Waals surface area contributed by atoms with Gasteiger partial charge in [0.25, 0.3) is 0 Å². The van der Waals surface area contributed by atoms with Gasteiger partial charge in [0.15, 0.2) is 9.84 Å². The fourth-order valence-corrected chi connectivity index (χ4v) is 3.55. The van der Waals surface area contributed by atoms with Crippen LogP contribution in [0.2, 0.25) is 0 Å². The number of aryl methyl sites for hydroxylation is 1. The Morgan fingerprint density at radius 2 is 1.88 bits per heavy atom. The molecule has 0 aliphatic carbocycles. The van der Waals surface area contributed by atoms with E-state index in [2.05, 4.69) is 25.4 Å². The number of sulfone groups is 1. The molecule has 178 valence electrons. The number of nitrogens with one attached hydrogen (secondary N) is 1. The second kappa shape index (κ2) is 10.8. The lowest BCUT2D eigenvalue weighted by Crippen LogP contribution is -2.04. The highest BCUT2D eigenvalue weighted by atomic mass is 32.2. The quantitative estimate of drug-likeness (QED) is 0.370. The number of anilines is 3. The molecule has 0 unspecified atom stereocenters. The van der Waals surface area contributed by atoms with Gasteiger partial charge in [-0.05, 0) is 30.2 Å². The van der Waals surface area contributed by atoms with Gasteiger partial charge in [0.2, 0.25) is 17.7 Å². The van der Waals surface area contributed by atoms with E-state index in [1.54, 1.807) is 6.92 Å². The Labute approximate surface area is 195 Å². The fraction of sp³-hybridized carbons (Fsp3) is 0.182. The number of aromatic nitrogens is 4. The van der Waals surface area contributed by atoms with Gasteiger partial charge in [0, 0.05) is 31.7 Å². The SMILES string of the molecule is Cc1nc(-c2cnc(Nc3ccc(S(C)(=O)=O)c(F)c3)nc2N)no1.OCCc1ccccc1. The van der Waals surface area contributed by atoms with Gasteiger partial charge >= 0.3 is 0 Å². The number of aliphatic hydroxyl groups excluding tert-OH is 1. The molecule has 0 fully saturated rings. The first-order valence-electron chi connectivity index (χ1n) is 10.0. The molecular weight excluding hydrogens is 463 g/mol. The molecule has 4 N–H and O–H groups in total. The van der Waals surface area contributed by atoms with Gasteiger partial charge in [0.05, 0.1) is 5.56 Å². The minimum absolute atomic E-state index is 0.103. The monoisotopic (exact) mass is 486 g/mol. The van der Waals surface area contributed by atoms with Crippen LogP contribution in [-0.4, -0.2) is 46.5 Å². The first-order valence-corrected chi connectivity index (χ1v) is 11.9. The van der Waals surface area contributed by atoms with Gasteiger partial charge in [-0.1, -0.05) is 35.5 Å². The second-order valence-corrected chi connectivity index (χ2v) is 9.12. The van der Waals surface area contributed by atoms with Crippen LogP contribution in [0.4, 0.5) is 21.8 Å². The van der Waals surface area contributed by atoms with E-state index in [0.29, 0.717) is 11.5 Å². The van der Waals surface area contributed by atoms with Crippen LogP contribution < -0.4 is 11.1 Å². The third kappa shape index (κ3) is 6.56. The third-order valence-electron chi connectivity index (χ3n) is 4.42. The fourth-order valence-electron chi connectivity index (χ4n) is 2.82. The van der Waals surface area contributed by atoms with E-state index in [0.717, 1.165) is 24.8 Å². The molecule has 34 heavy (non-hydrogen) atoms. The Kier molecular flexibility index (Phi) is 7.87. The molecule has 0 saturated carbocycles. The molecule has 2 aromatic carbocycles. The number of nitrogen functional groups attached to an aromatic ring is 1. The molecule has 0 aliphatic rings. The number of rotatable bonds is 6.